The van der Waals surface area contributed by atoms with Crippen LogP contribution in [0.15, 0.2) is 36.4 Å². The Bertz CT molecular complexity index is 277. The number of benzene rings is 1. The summed E-state index contributed by atoms with van der Waals surface area (Å²) in [6, 6.07) is 7.54. The van der Waals surface area contributed by atoms with Crippen molar-refractivity contribution < 1.29 is 5.11 Å². The Morgan fingerprint density at radius 3 is 2.46 bits per heavy atom. The van der Waals surface area contributed by atoms with Crippen LogP contribution in [0, 0.1) is 0 Å². The van der Waals surface area contributed by atoms with Crippen molar-refractivity contribution in [2.45, 2.75) is 12.8 Å². The number of rotatable bonds is 3. The molecular weight excluding hydrogens is 184 g/mol. The fourth-order valence-corrected chi connectivity index (χ4v) is 1.35. The first-order valence-electron chi connectivity index (χ1n) is 4.27. The largest absolute Gasteiger partial charge is 0.395 e. The van der Waals surface area contributed by atoms with Crippen LogP contribution in [0.5, 0.6) is 0 Å². The van der Waals surface area contributed by atoms with Gasteiger partial charge in [-0.05, 0) is 24.6 Å². The van der Waals surface area contributed by atoms with Crippen LogP contribution in [0.25, 0.3) is 0 Å². The van der Waals surface area contributed by atoms with E-state index in [2.05, 4.69) is 0 Å². The van der Waals surface area contributed by atoms with E-state index in [0.717, 1.165) is 10.6 Å². The molecule has 0 aliphatic heterocycles. The molecule has 0 unspecified atom stereocenters. The molecule has 70 valence electrons. The molecule has 0 aliphatic rings. The predicted molar refractivity (Wildman–Crippen MR) is 56.1 cm³/mol. The van der Waals surface area contributed by atoms with Crippen molar-refractivity contribution in [2.24, 2.45) is 0 Å². The summed E-state index contributed by atoms with van der Waals surface area (Å²) in [5.74, 6) is 0.0854. The Balaban J connectivity index is 2.85. The Hall–Kier alpha value is -0.790. The summed E-state index contributed by atoms with van der Waals surface area (Å²) < 4.78 is 0. The van der Waals surface area contributed by atoms with E-state index in [9.17, 15) is 0 Å². The monoisotopic (exact) mass is 196 g/mol. The van der Waals surface area contributed by atoms with E-state index in [4.69, 9.17) is 16.7 Å². The highest BCUT2D eigenvalue weighted by molar-refractivity contribution is 6.30. The number of aliphatic hydroxyl groups is 1. The summed E-state index contributed by atoms with van der Waals surface area (Å²) in [5.41, 5.74) is 1.09. The fraction of sp³-hybridized carbons (Fsp3) is 0.273. The van der Waals surface area contributed by atoms with Gasteiger partial charge < -0.3 is 5.11 Å². The molecule has 1 atom stereocenters. The molecule has 0 heterocycles. The first-order chi connectivity index (χ1) is 6.27. The molecule has 2 heteroatoms. The normalized spacial score (nSPS) is 13.5. The van der Waals surface area contributed by atoms with Crippen molar-refractivity contribution in [3.8, 4) is 0 Å². The zero-order chi connectivity index (χ0) is 9.68. The Morgan fingerprint density at radius 2 is 2.00 bits per heavy atom. The fourth-order valence-electron chi connectivity index (χ4n) is 1.22. The van der Waals surface area contributed by atoms with Gasteiger partial charge >= 0.3 is 0 Å². The molecule has 0 aliphatic carbocycles. The maximum Gasteiger partial charge on any atom is 0.0534 e. The van der Waals surface area contributed by atoms with Gasteiger partial charge in [0.2, 0.25) is 0 Å². The summed E-state index contributed by atoms with van der Waals surface area (Å²) in [5, 5.41) is 9.82. The van der Waals surface area contributed by atoms with E-state index in [0.29, 0.717) is 0 Å². The molecule has 0 amide bonds. The smallest absolute Gasteiger partial charge is 0.0534 e. The summed E-state index contributed by atoms with van der Waals surface area (Å²) in [6.45, 7) is 2.07. The second kappa shape index (κ2) is 5.05. The van der Waals surface area contributed by atoms with E-state index in [-0.39, 0.29) is 12.5 Å². The maximum atomic E-state index is 9.10. The number of aliphatic hydroxyl groups excluding tert-OH is 1. The molecule has 1 aromatic rings. The van der Waals surface area contributed by atoms with Gasteiger partial charge in [-0.25, -0.2) is 0 Å². The molecule has 13 heavy (non-hydrogen) atoms. The average molecular weight is 197 g/mol. The van der Waals surface area contributed by atoms with Crippen LogP contribution in [-0.2, 0) is 0 Å². The van der Waals surface area contributed by atoms with E-state index in [1.807, 2.05) is 43.3 Å². The van der Waals surface area contributed by atoms with Gasteiger partial charge in [-0.1, -0.05) is 35.9 Å². The molecule has 0 spiro atoms. The summed E-state index contributed by atoms with van der Waals surface area (Å²) in [7, 11) is 0. The molecular formula is C11H13ClO. The van der Waals surface area contributed by atoms with Crippen LogP contribution in [0.2, 0.25) is 5.02 Å². The minimum Gasteiger partial charge on any atom is -0.395 e. The lowest BCUT2D eigenvalue weighted by atomic mass is 10.00. The molecule has 0 saturated heterocycles. The Labute approximate surface area is 83.7 Å². The van der Waals surface area contributed by atoms with E-state index < -0.39 is 0 Å². The molecule has 1 N–H and O–H groups in total. The molecule has 0 saturated carbocycles. The van der Waals surface area contributed by atoms with Crippen molar-refractivity contribution >= 4 is 11.6 Å². The number of hydrogen-bond donors (Lipinski definition) is 1. The van der Waals surface area contributed by atoms with Gasteiger partial charge in [-0.3, -0.25) is 0 Å². The van der Waals surface area contributed by atoms with Crippen LogP contribution < -0.4 is 0 Å². The molecule has 0 aromatic heterocycles. The van der Waals surface area contributed by atoms with Gasteiger partial charge in [0.05, 0.1) is 6.61 Å². The standard InChI is InChI=1S/C11H13ClO/c1-2-3-10(8-13)9-4-6-11(12)7-5-9/h2-7,10,13H,8H2,1H3/b3-2-/t10-/m1/s1. The van der Waals surface area contributed by atoms with E-state index in [1.165, 1.54) is 0 Å². The second-order valence-corrected chi connectivity index (χ2v) is 3.30. The van der Waals surface area contributed by atoms with Crippen molar-refractivity contribution in [2.75, 3.05) is 6.61 Å². The summed E-state index contributed by atoms with van der Waals surface area (Å²) in [6.07, 6.45) is 3.92. The molecule has 1 rings (SSSR count). The highest BCUT2D eigenvalue weighted by Gasteiger charge is 2.04. The van der Waals surface area contributed by atoms with Crippen LogP contribution in [0.3, 0.4) is 0 Å². The third-order valence-electron chi connectivity index (χ3n) is 1.92. The van der Waals surface area contributed by atoms with Crippen LogP contribution in [-0.4, -0.2) is 11.7 Å². The average Bonchev–Trinajstić information content (AvgIpc) is 2.16. The lowest BCUT2D eigenvalue weighted by Crippen LogP contribution is -1.99. The number of allylic oxidation sites excluding steroid dienone is 1. The minimum absolute atomic E-state index is 0.0854. The topological polar surface area (TPSA) is 20.2 Å². The summed E-state index contributed by atoms with van der Waals surface area (Å²) >= 11 is 5.76. The van der Waals surface area contributed by atoms with Gasteiger partial charge in [-0.15, -0.1) is 0 Å². The van der Waals surface area contributed by atoms with Crippen LogP contribution in [0.1, 0.15) is 18.4 Å². The highest BCUT2D eigenvalue weighted by Crippen LogP contribution is 2.19. The SMILES string of the molecule is C/C=C\[C@H](CO)c1ccc(Cl)cc1. The van der Waals surface area contributed by atoms with Gasteiger partial charge in [0.25, 0.3) is 0 Å². The van der Waals surface area contributed by atoms with E-state index >= 15 is 0 Å². The zero-order valence-electron chi connectivity index (χ0n) is 7.57. The summed E-state index contributed by atoms with van der Waals surface area (Å²) in [4.78, 5) is 0. The first-order valence-corrected chi connectivity index (χ1v) is 4.65. The Kier molecular flexibility index (Phi) is 4.00. The first kappa shape index (κ1) is 10.3. The van der Waals surface area contributed by atoms with Crippen molar-refractivity contribution in [1.82, 2.24) is 0 Å². The van der Waals surface area contributed by atoms with Gasteiger partial charge in [0.1, 0.15) is 0 Å². The predicted octanol–water partition coefficient (Wildman–Crippen LogP) is 2.99. The third-order valence-corrected chi connectivity index (χ3v) is 2.17. The van der Waals surface area contributed by atoms with Gasteiger partial charge in [-0.2, -0.15) is 0 Å². The zero-order valence-corrected chi connectivity index (χ0v) is 8.33. The molecule has 0 radical (unpaired) electrons. The van der Waals surface area contributed by atoms with Gasteiger partial charge in [0.15, 0.2) is 0 Å². The molecule has 1 aromatic carbocycles. The van der Waals surface area contributed by atoms with E-state index in [1.54, 1.807) is 0 Å². The highest BCUT2D eigenvalue weighted by atomic mass is 35.5. The van der Waals surface area contributed by atoms with Gasteiger partial charge in [0, 0.05) is 10.9 Å². The quantitative estimate of drug-likeness (QED) is 0.737. The second-order valence-electron chi connectivity index (χ2n) is 2.87. The van der Waals surface area contributed by atoms with Crippen molar-refractivity contribution in [3.05, 3.63) is 47.0 Å². The lowest BCUT2D eigenvalue weighted by Gasteiger charge is -2.09. The van der Waals surface area contributed by atoms with Crippen molar-refractivity contribution in [1.29, 1.82) is 0 Å². The van der Waals surface area contributed by atoms with Crippen molar-refractivity contribution in [3.63, 3.8) is 0 Å². The Morgan fingerprint density at radius 1 is 1.38 bits per heavy atom. The minimum atomic E-state index is 0.0854. The van der Waals surface area contributed by atoms with Crippen LogP contribution in [0.4, 0.5) is 0 Å². The molecule has 0 bridgehead atoms. The number of halogens is 1. The van der Waals surface area contributed by atoms with Crippen LogP contribution >= 0.6 is 11.6 Å². The lowest BCUT2D eigenvalue weighted by molar-refractivity contribution is 0.283. The maximum absolute atomic E-state index is 9.10. The third kappa shape index (κ3) is 2.87. The number of hydrogen-bond acceptors (Lipinski definition) is 1. The molecule has 1 nitrogen and oxygen atoms in total. The molecule has 0 fully saturated rings.